The number of aromatic nitrogens is 2. The van der Waals surface area contributed by atoms with Crippen molar-refractivity contribution in [2.45, 2.75) is 49.7 Å². The van der Waals surface area contributed by atoms with E-state index in [2.05, 4.69) is 15.5 Å². The van der Waals surface area contributed by atoms with Crippen LogP contribution in [-0.4, -0.2) is 21.4 Å². The molecule has 1 heterocycles. The molecule has 3 rings (SSSR count). The third kappa shape index (κ3) is 3.70. The van der Waals surface area contributed by atoms with Crippen molar-refractivity contribution in [3.05, 3.63) is 51.4 Å². The van der Waals surface area contributed by atoms with Crippen molar-refractivity contribution in [3.8, 4) is 0 Å². The van der Waals surface area contributed by atoms with Gasteiger partial charge in [-0.2, -0.15) is 5.10 Å². The van der Waals surface area contributed by atoms with E-state index in [0.717, 1.165) is 0 Å². The molecule has 6 heteroatoms. The number of thioether (sulfide) groups is 1. The van der Waals surface area contributed by atoms with Gasteiger partial charge < -0.3 is 5.32 Å². The Bertz CT molecular complexity index is 793. The van der Waals surface area contributed by atoms with E-state index >= 15 is 0 Å². The van der Waals surface area contributed by atoms with E-state index < -0.39 is 11.5 Å². The molecule has 2 aromatic rings. The van der Waals surface area contributed by atoms with Crippen molar-refractivity contribution in [1.82, 2.24) is 10.2 Å². The molecule has 24 heavy (non-hydrogen) atoms. The molecule has 1 amide bonds. The van der Waals surface area contributed by atoms with Gasteiger partial charge in [0.05, 0.1) is 5.69 Å². The first-order chi connectivity index (χ1) is 11.5. The second-order valence-corrected chi connectivity index (χ2v) is 7.51. The van der Waals surface area contributed by atoms with Crippen LogP contribution in [-0.2, 0) is 0 Å². The van der Waals surface area contributed by atoms with Gasteiger partial charge in [0.1, 0.15) is 5.56 Å². The van der Waals surface area contributed by atoms with Crippen molar-refractivity contribution < 1.29 is 4.79 Å². The summed E-state index contributed by atoms with van der Waals surface area (Å²) in [6.45, 7) is 3.49. The fraction of sp³-hybridized carbons (Fsp3) is 0.389. The number of carbonyl (C=O) groups is 1. The van der Waals surface area contributed by atoms with Crippen LogP contribution in [0.5, 0.6) is 0 Å². The second kappa shape index (κ2) is 7.21. The summed E-state index contributed by atoms with van der Waals surface area (Å²) in [6, 6.07) is 7.81. The van der Waals surface area contributed by atoms with Crippen LogP contribution in [0.2, 0.25) is 0 Å². The number of hydrogen-bond acceptors (Lipinski definition) is 4. The molecule has 0 bridgehead atoms. The number of anilines is 1. The van der Waals surface area contributed by atoms with Crippen LogP contribution >= 0.6 is 11.8 Å². The summed E-state index contributed by atoms with van der Waals surface area (Å²) in [7, 11) is 0. The number of hydrogen-bond donors (Lipinski definition) is 2. The van der Waals surface area contributed by atoms with E-state index in [1.54, 1.807) is 13.8 Å². The van der Waals surface area contributed by atoms with Crippen molar-refractivity contribution in [1.29, 1.82) is 0 Å². The highest BCUT2D eigenvalue weighted by Crippen LogP contribution is 2.34. The van der Waals surface area contributed by atoms with Crippen LogP contribution < -0.4 is 10.9 Å². The molecule has 0 radical (unpaired) electrons. The maximum atomic E-state index is 12.4. The number of nitrogens with zero attached hydrogens (tertiary/aromatic N) is 1. The molecule has 1 saturated carbocycles. The molecule has 1 aromatic heterocycles. The number of aryl methyl sites for hydroxylation is 1. The SMILES string of the molecule is Cc1n[nH]c(=O)c(C(=O)Nc2ccc(SC3CCCC3)cc2)c1C. The number of amides is 1. The summed E-state index contributed by atoms with van der Waals surface area (Å²) in [4.78, 5) is 25.5. The molecule has 1 aliphatic carbocycles. The van der Waals surface area contributed by atoms with Crippen LogP contribution in [0.4, 0.5) is 5.69 Å². The van der Waals surface area contributed by atoms with Crippen molar-refractivity contribution >= 4 is 23.4 Å². The fourth-order valence-electron chi connectivity index (χ4n) is 2.91. The van der Waals surface area contributed by atoms with Gasteiger partial charge in [-0.05, 0) is 56.5 Å². The number of rotatable bonds is 4. The lowest BCUT2D eigenvalue weighted by Crippen LogP contribution is -2.26. The van der Waals surface area contributed by atoms with Crippen LogP contribution in [0, 0.1) is 13.8 Å². The Hall–Kier alpha value is -2.08. The molecule has 0 spiro atoms. The van der Waals surface area contributed by atoms with Gasteiger partial charge in [-0.1, -0.05) is 12.8 Å². The van der Waals surface area contributed by atoms with Gasteiger partial charge in [0, 0.05) is 15.8 Å². The fourth-order valence-corrected chi connectivity index (χ4v) is 4.16. The van der Waals surface area contributed by atoms with Gasteiger partial charge >= 0.3 is 0 Å². The maximum absolute atomic E-state index is 12.4. The van der Waals surface area contributed by atoms with E-state index in [-0.39, 0.29) is 5.56 Å². The summed E-state index contributed by atoms with van der Waals surface area (Å²) in [5, 5.41) is 9.73. The highest BCUT2D eigenvalue weighted by molar-refractivity contribution is 8.00. The standard InChI is InChI=1S/C18H21N3O2S/c1-11-12(2)20-21-18(23)16(11)17(22)19-13-7-9-15(10-8-13)24-14-5-3-4-6-14/h7-10,14H,3-6H2,1-2H3,(H,19,22)(H,21,23). The number of benzene rings is 1. The van der Waals surface area contributed by atoms with Crippen molar-refractivity contribution in [2.75, 3.05) is 5.32 Å². The molecular weight excluding hydrogens is 322 g/mol. The minimum Gasteiger partial charge on any atom is -0.322 e. The molecule has 2 N–H and O–H groups in total. The predicted molar refractivity (Wildman–Crippen MR) is 96.8 cm³/mol. The maximum Gasteiger partial charge on any atom is 0.277 e. The van der Waals surface area contributed by atoms with Crippen molar-refractivity contribution in [2.24, 2.45) is 0 Å². The molecule has 126 valence electrons. The average molecular weight is 343 g/mol. The third-order valence-electron chi connectivity index (χ3n) is 4.41. The van der Waals surface area contributed by atoms with Gasteiger partial charge in [-0.25, -0.2) is 5.10 Å². The highest BCUT2D eigenvalue weighted by atomic mass is 32.2. The molecule has 0 saturated heterocycles. The molecule has 0 aliphatic heterocycles. The number of nitrogens with one attached hydrogen (secondary N) is 2. The largest absolute Gasteiger partial charge is 0.322 e. The van der Waals surface area contributed by atoms with Gasteiger partial charge in [0.15, 0.2) is 0 Å². The van der Waals surface area contributed by atoms with Crippen molar-refractivity contribution in [3.63, 3.8) is 0 Å². The Morgan fingerprint density at radius 2 is 1.88 bits per heavy atom. The Labute approximate surface area is 145 Å². The van der Waals surface area contributed by atoms with E-state index in [9.17, 15) is 9.59 Å². The molecule has 1 aromatic carbocycles. The van der Waals surface area contributed by atoms with Crippen LogP contribution in [0.3, 0.4) is 0 Å². The second-order valence-electron chi connectivity index (χ2n) is 6.14. The van der Waals surface area contributed by atoms with Crippen LogP contribution in [0.15, 0.2) is 34.0 Å². The predicted octanol–water partition coefficient (Wildman–Crippen LogP) is 3.67. The first-order valence-electron chi connectivity index (χ1n) is 8.18. The lowest BCUT2D eigenvalue weighted by atomic mass is 10.1. The summed E-state index contributed by atoms with van der Waals surface area (Å²) in [5.74, 6) is -0.407. The monoisotopic (exact) mass is 343 g/mol. The van der Waals surface area contributed by atoms with Gasteiger partial charge in [0.2, 0.25) is 0 Å². The number of aromatic amines is 1. The Balaban J connectivity index is 1.71. The van der Waals surface area contributed by atoms with E-state index in [1.807, 2.05) is 36.0 Å². The van der Waals surface area contributed by atoms with Crippen LogP contribution in [0.25, 0.3) is 0 Å². The van der Waals surface area contributed by atoms with Gasteiger partial charge in [0.25, 0.3) is 11.5 Å². The zero-order chi connectivity index (χ0) is 17.1. The smallest absolute Gasteiger partial charge is 0.277 e. The first kappa shape index (κ1) is 16.8. The van der Waals surface area contributed by atoms with Gasteiger partial charge in [-0.3, -0.25) is 9.59 Å². The summed E-state index contributed by atoms with van der Waals surface area (Å²) >= 11 is 1.91. The molecule has 1 fully saturated rings. The summed E-state index contributed by atoms with van der Waals surface area (Å²) in [6.07, 6.45) is 5.22. The average Bonchev–Trinajstić information content (AvgIpc) is 3.06. The molecule has 5 nitrogen and oxygen atoms in total. The van der Waals surface area contributed by atoms with E-state index in [1.165, 1.54) is 30.6 Å². The van der Waals surface area contributed by atoms with E-state index in [0.29, 0.717) is 22.2 Å². The Morgan fingerprint density at radius 1 is 1.21 bits per heavy atom. The minimum absolute atomic E-state index is 0.118. The topological polar surface area (TPSA) is 74.8 Å². The lowest BCUT2D eigenvalue weighted by molar-refractivity contribution is 0.102. The summed E-state index contributed by atoms with van der Waals surface area (Å²) < 4.78 is 0. The quantitative estimate of drug-likeness (QED) is 0.888. The highest BCUT2D eigenvalue weighted by Gasteiger charge is 2.17. The van der Waals surface area contributed by atoms with E-state index in [4.69, 9.17) is 0 Å². The molecule has 0 unspecified atom stereocenters. The van der Waals surface area contributed by atoms with Crippen LogP contribution in [0.1, 0.15) is 47.3 Å². The first-order valence-corrected chi connectivity index (χ1v) is 9.06. The normalized spacial score (nSPS) is 14.8. The minimum atomic E-state index is -0.469. The zero-order valence-electron chi connectivity index (χ0n) is 13.9. The molecular formula is C18H21N3O2S. The lowest BCUT2D eigenvalue weighted by Gasteiger charge is -2.10. The number of carbonyl (C=O) groups excluding carboxylic acids is 1. The third-order valence-corrected chi connectivity index (χ3v) is 5.76. The Kier molecular flexibility index (Phi) is 5.04. The molecule has 1 aliphatic rings. The summed E-state index contributed by atoms with van der Waals surface area (Å²) in [5.41, 5.74) is 1.58. The zero-order valence-corrected chi connectivity index (χ0v) is 14.7. The molecule has 0 atom stereocenters. The number of H-pyrrole nitrogens is 1. The van der Waals surface area contributed by atoms with Gasteiger partial charge in [-0.15, -0.1) is 11.8 Å². The Morgan fingerprint density at radius 3 is 2.54 bits per heavy atom.